The number of methoxy groups -OCH3 is 1. The summed E-state index contributed by atoms with van der Waals surface area (Å²) in [5.41, 5.74) is 4.80. The highest BCUT2D eigenvalue weighted by Gasteiger charge is 2.12. The van der Waals surface area contributed by atoms with Crippen LogP contribution in [0.15, 0.2) is 18.2 Å². The van der Waals surface area contributed by atoms with Crippen molar-refractivity contribution in [3.05, 3.63) is 29.6 Å². The number of hydrogen-bond donors (Lipinski definition) is 2. The average Bonchev–Trinajstić information content (AvgIpc) is 2.28. The first-order valence-electron chi connectivity index (χ1n) is 4.94. The molecule has 6 heteroatoms. The van der Waals surface area contributed by atoms with Crippen LogP contribution in [0.5, 0.6) is 5.75 Å². The second-order valence-corrected chi connectivity index (χ2v) is 3.32. The fourth-order valence-corrected chi connectivity index (χ4v) is 1.20. The van der Waals surface area contributed by atoms with Gasteiger partial charge in [-0.1, -0.05) is 0 Å². The van der Waals surface area contributed by atoms with Crippen LogP contribution in [0, 0.1) is 5.82 Å². The van der Waals surface area contributed by atoms with Gasteiger partial charge >= 0.3 is 0 Å². The molecule has 0 aromatic heterocycles. The van der Waals surface area contributed by atoms with E-state index in [-0.39, 0.29) is 18.5 Å². The molecule has 0 heterocycles. The molecule has 0 aliphatic carbocycles. The largest absolute Gasteiger partial charge is 0.497 e. The number of rotatable bonds is 5. The first kappa shape index (κ1) is 13.0. The molecule has 1 aromatic rings. The van der Waals surface area contributed by atoms with Gasteiger partial charge < -0.3 is 15.8 Å². The predicted octanol–water partition coefficient (Wildman–Crippen LogP) is 0.439. The number of hydrogen-bond acceptors (Lipinski definition) is 3. The van der Waals surface area contributed by atoms with Crippen LogP contribution >= 0.6 is 0 Å². The minimum atomic E-state index is -0.680. The summed E-state index contributed by atoms with van der Waals surface area (Å²) in [6, 6.07) is 3.91. The lowest BCUT2D eigenvalue weighted by Crippen LogP contribution is -2.28. The Kier molecular flexibility index (Phi) is 4.45. The van der Waals surface area contributed by atoms with Crippen LogP contribution in [-0.4, -0.2) is 25.5 Å². The number of benzene rings is 1. The molecule has 1 aromatic carbocycles. The molecule has 1 rings (SSSR count). The van der Waals surface area contributed by atoms with Crippen molar-refractivity contribution in [1.82, 2.24) is 5.32 Å². The van der Waals surface area contributed by atoms with E-state index in [1.807, 2.05) is 0 Å². The Labute approximate surface area is 97.7 Å². The van der Waals surface area contributed by atoms with Gasteiger partial charge in [0.1, 0.15) is 11.6 Å². The topological polar surface area (TPSA) is 81.4 Å². The molecule has 92 valence electrons. The smallest absolute Gasteiger partial charge is 0.254 e. The molecule has 0 saturated heterocycles. The Morgan fingerprint density at radius 1 is 1.47 bits per heavy atom. The fourth-order valence-electron chi connectivity index (χ4n) is 1.20. The summed E-state index contributed by atoms with van der Waals surface area (Å²) in [4.78, 5) is 22.0. The van der Waals surface area contributed by atoms with E-state index in [4.69, 9.17) is 10.5 Å². The average molecular weight is 240 g/mol. The number of nitrogens with two attached hydrogens (primary N) is 1. The summed E-state index contributed by atoms with van der Waals surface area (Å²) in [6.07, 6.45) is 0.0174. The zero-order chi connectivity index (χ0) is 12.8. The van der Waals surface area contributed by atoms with Crippen LogP contribution in [0.4, 0.5) is 4.39 Å². The van der Waals surface area contributed by atoms with Crippen molar-refractivity contribution in [2.24, 2.45) is 5.73 Å². The molecule has 0 fully saturated rings. The van der Waals surface area contributed by atoms with Crippen molar-refractivity contribution in [2.75, 3.05) is 13.7 Å². The number of carbonyl (C=O) groups is 2. The lowest BCUT2D eigenvalue weighted by Gasteiger charge is -2.06. The van der Waals surface area contributed by atoms with Gasteiger partial charge in [0.2, 0.25) is 5.91 Å². The van der Waals surface area contributed by atoms with Crippen molar-refractivity contribution < 1.29 is 18.7 Å². The standard InChI is InChI=1S/C11H13FN2O3/c1-17-7-2-3-8(9(12)6-7)11(16)14-5-4-10(13)15/h2-3,6H,4-5H2,1H3,(H2,13,15)(H,14,16). The van der Waals surface area contributed by atoms with Gasteiger partial charge in [0, 0.05) is 19.0 Å². The minimum Gasteiger partial charge on any atom is -0.497 e. The molecule has 5 nitrogen and oxygen atoms in total. The fraction of sp³-hybridized carbons (Fsp3) is 0.273. The van der Waals surface area contributed by atoms with Gasteiger partial charge in [0.15, 0.2) is 0 Å². The van der Waals surface area contributed by atoms with E-state index in [1.165, 1.54) is 19.2 Å². The Morgan fingerprint density at radius 3 is 2.71 bits per heavy atom. The molecule has 0 radical (unpaired) electrons. The lowest BCUT2D eigenvalue weighted by molar-refractivity contribution is -0.117. The van der Waals surface area contributed by atoms with Crippen LogP contribution < -0.4 is 15.8 Å². The molecular formula is C11H13FN2O3. The lowest BCUT2D eigenvalue weighted by atomic mass is 10.2. The molecular weight excluding hydrogens is 227 g/mol. The molecule has 3 N–H and O–H groups in total. The summed E-state index contributed by atoms with van der Waals surface area (Å²) < 4.78 is 18.3. The normalized spacial score (nSPS) is 9.76. The van der Waals surface area contributed by atoms with Gasteiger partial charge in [-0.2, -0.15) is 0 Å². The van der Waals surface area contributed by atoms with E-state index in [1.54, 1.807) is 0 Å². The highest BCUT2D eigenvalue weighted by Crippen LogP contribution is 2.15. The Balaban J connectivity index is 2.66. The molecule has 17 heavy (non-hydrogen) atoms. The van der Waals surface area contributed by atoms with Gasteiger partial charge in [-0.05, 0) is 12.1 Å². The number of nitrogens with one attached hydrogen (secondary N) is 1. The summed E-state index contributed by atoms with van der Waals surface area (Å²) in [5.74, 6) is -1.47. The molecule has 0 unspecified atom stereocenters. The summed E-state index contributed by atoms with van der Waals surface area (Å²) in [5, 5.41) is 2.39. The molecule has 2 amide bonds. The van der Waals surface area contributed by atoms with Gasteiger partial charge in [-0.15, -0.1) is 0 Å². The zero-order valence-electron chi connectivity index (χ0n) is 9.33. The van der Waals surface area contributed by atoms with Crippen molar-refractivity contribution in [1.29, 1.82) is 0 Å². The Bertz CT molecular complexity index is 435. The van der Waals surface area contributed by atoms with Gasteiger partial charge in [-0.3, -0.25) is 9.59 Å². The van der Waals surface area contributed by atoms with E-state index < -0.39 is 17.6 Å². The van der Waals surface area contributed by atoms with Crippen LogP contribution in [0.3, 0.4) is 0 Å². The van der Waals surface area contributed by atoms with Gasteiger partial charge in [0.25, 0.3) is 5.91 Å². The highest BCUT2D eigenvalue weighted by atomic mass is 19.1. The third kappa shape index (κ3) is 3.75. The van der Waals surface area contributed by atoms with Crippen LogP contribution in [-0.2, 0) is 4.79 Å². The monoisotopic (exact) mass is 240 g/mol. The highest BCUT2D eigenvalue weighted by molar-refractivity contribution is 5.94. The first-order chi connectivity index (χ1) is 8.04. The number of ether oxygens (including phenoxy) is 1. The number of halogens is 1. The SMILES string of the molecule is COc1ccc(C(=O)NCCC(N)=O)c(F)c1. The zero-order valence-corrected chi connectivity index (χ0v) is 9.33. The first-order valence-corrected chi connectivity index (χ1v) is 4.94. The summed E-state index contributed by atoms with van der Waals surface area (Å²) in [7, 11) is 1.40. The third-order valence-electron chi connectivity index (χ3n) is 2.08. The van der Waals surface area contributed by atoms with Gasteiger partial charge in [-0.25, -0.2) is 4.39 Å². The molecule has 0 aliphatic rings. The second-order valence-electron chi connectivity index (χ2n) is 3.32. The maximum atomic E-state index is 13.4. The number of carbonyl (C=O) groups excluding carboxylic acids is 2. The van der Waals surface area contributed by atoms with Crippen molar-refractivity contribution in [3.8, 4) is 5.75 Å². The van der Waals surface area contributed by atoms with Crippen molar-refractivity contribution in [3.63, 3.8) is 0 Å². The molecule has 0 aliphatic heterocycles. The van der Waals surface area contributed by atoms with Gasteiger partial charge in [0.05, 0.1) is 12.7 Å². The van der Waals surface area contributed by atoms with Crippen molar-refractivity contribution >= 4 is 11.8 Å². The van der Waals surface area contributed by atoms with Crippen LogP contribution in [0.2, 0.25) is 0 Å². The summed E-state index contributed by atoms with van der Waals surface area (Å²) in [6.45, 7) is 0.0830. The number of primary amides is 1. The van der Waals surface area contributed by atoms with E-state index in [9.17, 15) is 14.0 Å². The third-order valence-corrected chi connectivity index (χ3v) is 2.08. The quantitative estimate of drug-likeness (QED) is 0.783. The summed E-state index contributed by atoms with van der Waals surface area (Å²) >= 11 is 0. The van der Waals surface area contributed by atoms with E-state index in [0.717, 1.165) is 6.07 Å². The Morgan fingerprint density at radius 2 is 2.18 bits per heavy atom. The minimum absolute atomic E-state index is 0.0174. The van der Waals surface area contributed by atoms with Crippen molar-refractivity contribution in [2.45, 2.75) is 6.42 Å². The molecule has 0 spiro atoms. The van der Waals surface area contributed by atoms with E-state index >= 15 is 0 Å². The Hall–Kier alpha value is -2.11. The maximum Gasteiger partial charge on any atom is 0.254 e. The second kappa shape index (κ2) is 5.83. The molecule has 0 bridgehead atoms. The van der Waals surface area contributed by atoms with Crippen LogP contribution in [0.25, 0.3) is 0 Å². The van der Waals surface area contributed by atoms with E-state index in [0.29, 0.717) is 5.75 Å². The van der Waals surface area contributed by atoms with E-state index in [2.05, 4.69) is 5.32 Å². The molecule has 0 saturated carbocycles. The number of amides is 2. The molecule has 0 atom stereocenters. The van der Waals surface area contributed by atoms with Crippen LogP contribution in [0.1, 0.15) is 16.8 Å². The predicted molar refractivity (Wildman–Crippen MR) is 59.1 cm³/mol. The maximum absolute atomic E-state index is 13.4.